The highest BCUT2D eigenvalue weighted by molar-refractivity contribution is 5.81. The Bertz CT molecular complexity index is 450. The molecule has 1 atom stereocenters. The molecule has 0 saturated carbocycles. The summed E-state index contributed by atoms with van der Waals surface area (Å²) in [4.78, 5) is 28.4. The van der Waals surface area contributed by atoms with Gasteiger partial charge in [0.15, 0.2) is 0 Å². The van der Waals surface area contributed by atoms with Gasteiger partial charge in [0.05, 0.1) is 12.6 Å². The fraction of sp³-hybridized carbons (Fsp3) is 0.857. The zero-order valence-corrected chi connectivity index (χ0v) is 13.4. The van der Waals surface area contributed by atoms with E-state index in [4.69, 9.17) is 0 Å². The number of hydrogen-bond donors (Lipinski definition) is 1. The maximum Gasteiger partial charge on any atom is 0.401 e. The van der Waals surface area contributed by atoms with Crippen molar-refractivity contribution in [2.45, 2.75) is 38.0 Å². The maximum atomic E-state index is 12.4. The zero-order chi connectivity index (χ0) is 17.2. The van der Waals surface area contributed by atoms with Crippen LogP contribution in [0, 0.1) is 0 Å². The molecule has 1 unspecified atom stereocenters. The zero-order valence-electron chi connectivity index (χ0n) is 13.4. The molecule has 0 bridgehead atoms. The highest BCUT2D eigenvalue weighted by atomic mass is 19.4. The van der Waals surface area contributed by atoms with Crippen LogP contribution in [0.25, 0.3) is 0 Å². The van der Waals surface area contributed by atoms with Gasteiger partial charge in [-0.2, -0.15) is 13.2 Å². The fourth-order valence-corrected chi connectivity index (χ4v) is 3.11. The minimum absolute atomic E-state index is 0.0759. The first kappa shape index (κ1) is 17.8. The van der Waals surface area contributed by atoms with Crippen LogP contribution in [0.5, 0.6) is 0 Å². The van der Waals surface area contributed by atoms with Crippen LogP contribution in [0.3, 0.4) is 0 Å². The number of nitrogens with zero attached hydrogens (tertiary/aromatic N) is 3. The van der Waals surface area contributed by atoms with Gasteiger partial charge in [-0.25, -0.2) is 4.79 Å². The molecular formula is C14H23F3N4O2. The van der Waals surface area contributed by atoms with Gasteiger partial charge in [-0.05, 0) is 26.8 Å². The van der Waals surface area contributed by atoms with Crippen molar-refractivity contribution >= 4 is 11.9 Å². The summed E-state index contributed by atoms with van der Waals surface area (Å²) in [6.07, 6.45) is -3.00. The van der Waals surface area contributed by atoms with Crippen LogP contribution in [0.4, 0.5) is 18.0 Å². The van der Waals surface area contributed by atoms with E-state index in [-0.39, 0.29) is 18.0 Å². The van der Waals surface area contributed by atoms with Crippen LogP contribution in [0.2, 0.25) is 0 Å². The third kappa shape index (κ3) is 4.49. The van der Waals surface area contributed by atoms with Crippen molar-refractivity contribution in [1.29, 1.82) is 0 Å². The van der Waals surface area contributed by atoms with E-state index in [0.29, 0.717) is 39.0 Å². The molecule has 0 aromatic heterocycles. The molecule has 1 N–H and O–H groups in total. The summed E-state index contributed by atoms with van der Waals surface area (Å²) >= 11 is 0. The lowest BCUT2D eigenvalue weighted by Crippen LogP contribution is -2.53. The Morgan fingerprint density at radius 1 is 1.35 bits per heavy atom. The quantitative estimate of drug-likeness (QED) is 0.829. The van der Waals surface area contributed by atoms with Crippen molar-refractivity contribution in [2.75, 3.05) is 39.8 Å². The number of likely N-dealkylation sites (N-methyl/N-ethyl adjacent to an activating group) is 1. The van der Waals surface area contributed by atoms with E-state index in [0.717, 1.165) is 4.90 Å². The molecule has 23 heavy (non-hydrogen) atoms. The Hall–Kier alpha value is -1.51. The summed E-state index contributed by atoms with van der Waals surface area (Å²) in [6.45, 7) is 2.63. The predicted octanol–water partition coefficient (Wildman–Crippen LogP) is 0.885. The second-order valence-electron chi connectivity index (χ2n) is 6.19. The second-order valence-corrected chi connectivity index (χ2v) is 6.19. The fourth-order valence-electron chi connectivity index (χ4n) is 3.11. The third-order valence-corrected chi connectivity index (χ3v) is 4.55. The highest BCUT2D eigenvalue weighted by Gasteiger charge is 2.36. The summed E-state index contributed by atoms with van der Waals surface area (Å²) in [5, 5.41) is 2.75. The summed E-state index contributed by atoms with van der Waals surface area (Å²) in [5.41, 5.74) is 0. The molecule has 2 saturated heterocycles. The Morgan fingerprint density at radius 2 is 1.96 bits per heavy atom. The standard InChI is InChI=1S/C14H23F3N4O2/c1-10(19(2)9-14(15,16)17)12(22)20-6-3-11(4-7-20)21-8-5-18-13(21)23/h10-11H,3-9H2,1-2H3,(H,18,23). The van der Waals surface area contributed by atoms with Crippen molar-refractivity contribution in [2.24, 2.45) is 0 Å². The molecular weight excluding hydrogens is 313 g/mol. The Kier molecular flexibility index (Phi) is 5.38. The van der Waals surface area contributed by atoms with Crippen LogP contribution in [-0.4, -0.2) is 84.7 Å². The van der Waals surface area contributed by atoms with Crippen molar-refractivity contribution in [3.63, 3.8) is 0 Å². The Balaban J connectivity index is 1.84. The average molecular weight is 336 g/mol. The van der Waals surface area contributed by atoms with Gasteiger partial charge in [0, 0.05) is 32.2 Å². The molecule has 6 nitrogen and oxygen atoms in total. The molecule has 3 amide bonds. The van der Waals surface area contributed by atoms with E-state index in [9.17, 15) is 22.8 Å². The van der Waals surface area contributed by atoms with Gasteiger partial charge >= 0.3 is 12.2 Å². The molecule has 2 heterocycles. The topological polar surface area (TPSA) is 55.9 Å². The largest absolute Gasteiger partial charge is 0.401 e. The number of halogens is 3. The van der Waals surface area contributed by atoms with Gasteiger partial charge in [-0.1, -0.05) is 0 Å². The van der Waals surface area contributed by atoms with Crippen molar-refractivity contribution in [1.82, 2.24) is 20.0 Å². The van der Waals surface area contributed by atoms with E-state index in [1.54, 1.807) is 9.80 Å². The molecule has 2 fully saturated rings. The highest BCUT2D eigenvalue weighted by Crippen LogP contribution is 2.21. The van der Waals surface area contributed by atoms with Gasteiger partial charge in [-0.15, -0.1) is 0 Å². The number of hydrogen-bond acceptors (Lipinski definition) is 3. The number of alkyl halides is 3. The molecule has 2 aliphatic rings. The Morgan fingerprint density at radius 3 is 2.43 bits per heavy atom. The lowest BCUT2D eigenvalue weighted by molar-refractivity contribution is -0.155. The molecule has 0 radical (unpaired) electrons. The predicted molar refractivity (Wildman–Crippen MR) is 77.9 cm³/mol. The first-order valence-electron chi connectivity index (χ1n) is 7.79. The molecule has 0 aromatic carbocycles. The van der Waals surface area contributed by atoms with E-state index < -0.39 is 18.8 Å². The molecule has 9 heteroatoms. The minimum atomic E-state index is -4.32. The number of carbonyl (C=O) groups is 2. The number of nitrogens with one attached hydrogen (secondary N) is 1. The second kappa shape index (κ2) is 6.94. The van der Waals surface area contributed by atoms with Gasteiger partial charge < -0.3 is 15.1 Å². The molecule has 0 aliphatic carbocycles. The summed E-state index contributed by atoms with van der Waals surface area (Å²) in [5.74, 6) is -0.291. The van der Waals surface area contributed by atoms with Crippen LogP contribution in [0.15, 0.2) is 0 Å². The van der Waals surface area contributed by atoms with E-state index in [1.807, 2.05) is 0 Å². The number of urea groups is 1. The van der Waals surface area contributed by atoms with E-state index in [2.05, 4.69) is 5.32 Å². The lowest BCUT2D eigenvalue weighted by Gasteiger charge is -2.38. The number of piperidine rings is 1. The summed E-state index contributed by atoms with van der Waals surface area (Å²) in [6, 6.07) is -0.791. The van der Waals surface area contributed by atoms with Crippen molar-refractivity contribution in [3.8, 4) is 0 Å². The molecule has 132 valence electrons. The van der Waals surface area contributed by atoms with Gasteiger partial charge in [0.25, 0.3) is 0 Å². The van der Waals surface area contributed by atoms with Gasteiger partial charge in [0.2, 0.25) is 5.91 Å². The van der Waals surface area contributed by atoms with Crippen LogP contribution in [0.1, 0.15) is 19.8 Å². The molecule has 0 spiro atoms. The van der Waals surface area contributed by atoms with Crippen molar-refractivity contribution in [3.05, 3.63) is 0 Å². The van der Waals surface area contributed by atoms with Crippen molar-refractivity contribution < 1.29 is 22.8 Å². The Labute approximate surface area is 133 Å². The maximum absolute atomic E-state index is 12.4. The summed E-state index contributed by atoms with van der Waals surface area (Å²) in [7, 11) is 1.30. The molecule has 2 rings (SSSR count). The monoisotopic (exact) mass is 336 g/mol. The number of amides is 3. The molecule has 2 aliphatic heterocycles. The van der Waals surface area contributed by atoms with E-state index >= 15 is 0 Å². The van der Waals surface area contributed by atoms with Crippen LogP contribution in [-0.2, 0) is 4.79 Å². The third-order valence-electron chi connectivity index (χ3n) is 4.55. The first-order valence-corrected chi connectivity index (χ1v) is 7.79. The van der Waals surface area contributed by atoms with Crippen LogP contribution >= 0.6 is 0 Å². The lowest BCUT2D eigenvalue weighted by atomic mass is 10.0. The first-order chi connectivity index (χ1) is 10.7. The smallest absolute Gasteiger partial charge is 0.341 e. The summed E-state index contributed by atoms with van der Waals surface area (Å²) < 4.78 is 37.3. The van der Waals surface area contributed by atoms with Gasteiger partial charge in [0.1, 0.15) is 0 Å². The number of carbonyl (C=O) groups excluding carboxylic acids is 2. The minimum Gasteiger partial charge on any atom is -0.341 e. The van der Waals surface area contributed by atoms with Crippen LogP contribution < -0.4 is 5.32 Å². The van der Waals surface area contributed by atoms with E-state index in [1.165, 1.54) is 14.0 Å². The molecule has 0 aromatic rings. The number of rotatable bonds is 4. The normalized spacial score (nSPS) is 21.7. The SMILES string of the molecule is CC(C(=O)N1CCC(N2CCNC2=O)CC1)N(C)CC(F)(F)F. The average Bonchev–Trinajstić information content (AvgIpc) is 2.90. The van der Waals surface area contributed by atoms with Gasteiger partial charge in [-0.3, -0.25) is 9.69 Å². The number of likely N-dealkylation sites (tertiary alicyclic amines) is 1.